The van der Waals surface area contributed by atoms with Gasteiger partial charge < -0.3 is 9.29 Å². The van der Waals surface area contributed by atoms with Crippen molar-refractivity contribution in [3.8, 4) is 0 Å². The Bertz CT molecular complexity index is 451. The number of allylic oxidation sites excluding steroid dienone is 2. The van der Waals surface area contributed by atoms with Gasteiger partial charge in [-0.2, -0.15) is 21.6 Å². The fourth-order valence-corrected chi connectivity index (χ4v) is 2.09. The van der Waals surface area contributed by atoms with Crippen LogP contribution in [-0.4, -0.2) is 25.0 Å². The molecule has 18 heavy (non-hydrogen) atoms. The second-order valence-corrected chi connectivity index (χ2v) is 5.43. The van der Waals surface area contributed by atoms with E-state index in [-0.39, 0.29) is 37.4 Å². The van der Waals surface area contributed by atoms with Gasteiger partial charge >= 0.3 is 21.6 Å². The molecule has 0 radical (unpaired) electrons. The number of halogens is 3. The lowest BCUT2D eigenvalue weighted by atomic mass is 9.91. The summed E-state index contributed by atoms with van der Waals surface area (Å²) in [5.74, 6) is -1.49. The highest BCUT2D eigenvalue weighted by atomic mass is 32.2. The molecule has 1 rings (SSSR count). The number of carbonyl (C=O) groups is 1. The quantitative estimate of drug-likeness (QED) is 0.632. The van der Waals surface area contributed by atoms with E-state index in [4.69, 9.17) is 5.11 Å². The Labute approximate surface area is 101 Å². The zero-order valence-electron chi connectivity index (χ0n) is 9.11. The molecular formula is C9H11F3O5S. The summed E-state index contributed by atoms with van der Waals surface area (Å²) in [6.07, 6.45) is 1.55. The van der Waals surface area contributed by atoms with E-state index in [1.807, 2.05) is 0 Å². The lowest BCUT2D eigenvalue weighted by Gasteiger charge is -2.20. The number of hydrogen-bond acceptors (Lipinski definition) is 4. The van der Waals surface area contributed by atoms with Crippen LogP contribution in [0.25, 0.3) is 0 Å². The van der Waals surface area contributed by atoms with E-state index in [0.29, 0.717) is 0 Å². The first-order valence-corrected chi connectivity index (χ1v) is 6.44. The van der Waals surface area contributed by atoms with E-state index in [2.05, 4.69) is 4.18 Å². The number of carboxylic acids is 1. The van der Waals surface area contributed by atoms with Gasteiger partial charge in [0.25, 0.3) is 0 Å². The summed E-state index contributed by atoms with van der Waals surface area (Å²) < 4.78 is 61.4. The summed E-state index contributed by atoms with van der Waals surface area (Å²) in [6, 6.07) is 0. The summed E-state index contributed by atoms with van der Waals surface area (Å²) >= 11 is 0. The van der Waals surface area contributed by atoms with Crippen LogP contribution < -0.4 is 0 Å². The van der Waals surface area contributed by atoms with E-state index in [0.717, 1.165) is 0 Å². The lowest BCUT2D eigenvalue weighted by Crippen LogP contribution is -2.26. The van der Waals surface area contributed by atoms with Crippen LogP contribution in [-0.2, 0) is 19.1 Å². The van der Waals surface area contributed by atoms with E-state index in [1.54, 1.807) is 0 Å². The minimum absolute atomic E-state index is 0.0206. The summed E-state index contributed by atoms with van der Waals surface area (Å²) in [4.78, 5) is 10.4. The van der Waals surface area contributed by atoms with Crippen molar-refractivity contribution in [1.29, 1.82) is 0 Å². The maximum Gasteiger partial charge on any atom is 0.534 e. The highest BCUT2D eigenvalue weighted by Gasteiger charge is 2.48. The van der Waals surface area contributed by atoms with E-state index in [9.17, 15) is 26.4 Å². The van der Waals surface area contributed by atoms with Crippen LogP contribution in [0.5, 0.6) is 0 Å². The molecule has 1 aliphatic carbocycles. The van der Waals surface area contributed by atoms with Crippen LogP contribution in [0.15, 0.2) is 11.8 Å². The Kier molecular flexibility index (Phi) is 4.25. The fraction of sp³-hybridized carbons (Fsp3) is 0.667. The van der Waals surface area contributed by atoms with Gasteiger partial charge in [-0.3, -0.25) is 4.79 Å². The van der Waals surface area contributed by atoms with Gasteiger partial charge in [0.1, 0.15) is 5.76 Å². The van der Waals surface area contributed by atoms with Crippen LogP contribution in [0.3, 0.4) is 0 Å². The molecule has 1 N–H and O–H groups in total. The first kappa shape index (κ1) is 14.8. The molecule has 5 nitrogen and oxygen atoms in total. The van der Waals surface area contributed by atoms with Crippen molar-refractivity contribution >= 4 is 16.1 Å². The monoisotopic (exact) mass is 288 g/mol. The molecular weight excluding hydrogens is 277 g/mol. The van der Waals surface area contributed by atoms with Gasteiger partial charge in [0.2, 0.25) is 0 Å². The Balaban J connectivity index is 2.62. The molecule has 1 unspecified atom stereocenters. The number of alkyl halides is 3. The minimum atomic E-state index is -5.62. The summed E-state index contributed by atoms with van der Waals surface area (Å²) in [6.45, 7) is 0. The molecule has 0 saturated heterocycles. The van der Waals surface area contributed by atoms with E-state index in [1.165, 1.54) is 6.08 Å². The lowest BCUT2D eigenvalue weighted by molar-refractivity contribution is -0.138. The number of rotatable bonds is 4. The summed E-state index contributed by atoms with van der Waals surface area (Å²) in [7, 11) is -5.62. The van der Waals surface area contributed by atoms with Gasteiger partial charge in [-0.05, 0) is 24.8 Å². The predicted molar refractivity (Wildman–Crippen MR) is 53.7 cm³/mol. The maximum absolute atomic E-state index is 12.0. The zero-order chi connectivity index (χ0) is 14.0. The second kappa shape index (κ2) is 5.17. The Hall–Kier alpha value is -1.25. The van der Waals surface area contributed by atoms with Crippen molar-refractivity contribution in [1.82, 2.24) is 0 Å². The summed E-state index contributed by atoms with van der Waals surface area (Å²) in [5.41, 5.74) is -5.45. The maximum atomic E-state index is 12.0. The molecule has 1 aliphatic rings. The van der Waals surface area contributed by atoms with Crippen LogP contribution >= 0.6 is 0 Å². The normalized spacial score (nSPS) is 21.3. The van der Waals surface area contributed by atoms with Crippen molar-refractivity contribution in [2.24, 2.45) is 5.92 Å². The smallest absolute Gasteiger partial charge is 0.481 e. The third-order valence-corrected chi connectivity index (χ3v) is 3.44. The molecule has 0 heterocycles. The van der Waals surface area contributed by atoms with Crippen LogP contribution in [0.1, 0.15) is 25.7 Å². The number of hydrogen-bond donors (Lipinski definition) is 1. The first-order chi connectivity index (χ1) is 8.12. The SMILES string of the molecule is O=C(O)CC1CC=C(OS(=O)(=O)C(F)(F)F)CC1. The van der Waals surface area contributed by atoms with Crippen molar-refractivity contribution < 1.29 is 35.7 Å². The Morgan fingerprint density at radius 3 is 2.50 bits per heavy atom. The van der Waals surface area contributed by atoms with Gasteiger partial charge in [-0.1, -0.05) is 0 Å². The molecule has 0 aliphatic heterocycles. The third-order valence-electron chi connectivity index (χ3n) is 2.44. The summed E-state index contributed by atoms with van der Waals surface area (Å²) in [5, 5.41) is 8.53. The van der Waals surface area contributed by atoms with Crippen LogP contribution in [0.4, 0.5) is 13.2 Å². The highest BCUT2D eigenvalue weighted by Crippen LogP contribution is 2.32. The molecule has 0 fully saturated rings. The van der Waals surface area contributed by atoms with Gasteiger partial charge in [0.15, 0.2) is 0 Å². The van der Waals surface area contributed by atoms with Crippen molar-refractivity contribution in [2.45, 2.75) is 31.2 Å². The van der Waals surface area contributed by atoms with Crippen molar-refractivity contribution in [2.75, 3.05) is 0 Å². The van der Waals surface area contributed by atoms with E-state index < -0.39 is 21.6 Å². The molecule has 0 amide bonds. The van der Waals surface area contributed by atoms with Crippen molar-refractivity contribution in [3.05, 3.63) is 11.8 Å². The molecule has 1 atom stereocenters. The molecule has 104 valence electrons. The topological polar surface area (TPSA) is 80.7 Å². The molecule has 0 bridgehead atoms. The number of carboxylic acid groups (broad SMARTS) is 1. The fourth-order valence-electron chi connectivity index (χ4n) is 1.56. The Morgan fingerprint density at radius 2 is 2.11 bits per heavy atom. The average molecular weight is 288 g/mol. The standard InChI is InChI=1S/C9H11F3O5S/c10-9(11,12)18(15,16)17-7-3-1-6(2-4-7)5-8(13)14/h3,6H,1-2,4-5H2,(H,13,14). The molecule has 0 spiro atoms. The van der Waals surface area contributed by atoms with Gasteiger partial charge in [0.05, 0.1) is 0 Å². The van der Waals surface area contributed by atoms with Crippen LogP contribution in [0, 0.1) is 5.92 Å². The van der Waals surface area contributed by atoms with Crippen LogP contribution in [0.2, 0.25) is 0 Å². The predicted octanol–water partition coefficient (Wildman–Crippen LogP) is 2.01. The van der Waals surface area contributed by atoms with E-state index >= 15 is 0 Å². The molecule has 9 heteroatoms. The second-order valence-electron chi connectivity index (χ2n) is 3.89. The molecule has 0 saturated carbocycles. The highest BCUT2D eigenvalue weighted by molar-refractivity contribution is 7.87. The first-order valence-electron chi connectivity index (χ1n) is 5.03. The van der Waals surface area contributed by atoms with Gasteiger partial charge in [-0.15, -0.1) is 0 Å². The van der Waals surface area contributed by atoms with Gasteiger partial charge in [-0.25, -0.2) is 0 Å². The number of aliphatic carboxylic acids is 1. The Morgan fingerprint density at radius 1 is 1.50 bits per heavy atom. The van der Waals surface area contributed by atoms with Gasteiger partial charge in [0, 0.05) is 12.8 Å². The average Bonchev–Trinajstić information content (AvgIpc) is 2.18. The zero-order valence-corrected chi connectivity index (χ0v) is 9.92. The molecule has 0 aromatic carbocycles. The molecule has 0 aromatic rings. The molecule has 0 aromatic heterocycles. The third kappa shape index (κ3) is 3.90. The largest absolute Gasteiger partial charge is 0.534 e. The minimum Gasteiger partial charge on any atom is -0.481 e. The van der Waals surface area contributed by atoms with Crippen molar-refractivity contribution in [3.63, 3.8) is 0 Å².